The molecule has 2 heterocycles. The molecule has 1 aromatic carbocycles. The zero-order chi connectivity index (χ0) is 22.5. The molecule has 1 aliphatic carbocycles. The van der Waals surface area contributed by atoms with Crippen LogP contribution in [0.5, 0.6) is 0 Å². The number of amides is 2. The molecule has 0 bridgehead atoms. The second-order valence-electron chi connectivity index (χ2n) is 8.99. The minimum absolute atomic E-state index is 0.0425. The topological polar surface area (TPSA) is 78.4 Å². The third-order valence-electron chi connectivity index (χ3n) is 6.55. The number of piperazine rings is 1. The van der Waals surface area contributed by atoms with Crippen LogP contribution in [0.15, 0.2) is 18.2 Å². The third-order valence-corrected chi connectivity index (χ3v) is 7.55. The molecule has 1 saturated carbocycles. The zero-order valence-electron chi connectivity index (χ0n) is 19.1. The van der Waals surface area contributed by atoms with Gasteiger partial charge in [0.1, 0.15) is 5.01 Å². The molecule has 0 unspecified atom stereocenters. The van der Waals surface area contributed by atoms with Gasteiger partial charge in [-0.3, -0.25) is 9.59 Å². The van der Waals surface area contributed by atoms with E-state index in [2.05, 4.69) is 52.5 Å². The maximum absolute atomic E-state index is 12.6. The number of aryl methyl sites for hydroxylation is 2. The molecule has 2 aromatic rings. The number of hydrogen-bond donors (Lipinski definition) is 1. The van der Waals surface area contributed by atoms with Gasteiger partial charge in [-0.05, 0) is 43.9 Å². The second kappa shape index (κ2) is 10.4. The smallest absolute Gasteiger partial charge is 0.226 e. The number of carbonyl (C=O) groups is 2. The first kappa shape index (κ1) is 22.7. The maximum Gasteiger partial charge on any atom is 0.226 e. The van der Waals surface area contributed by atoms with Crippen LogP contribution in [0.4, 0.5) is 10.8 Å². The lowest BCUT2D eigenvalue weighted by molar-refractivity contribution is -0.133. The molecular weight excluding hydrogens is 422 g/mol. The summed E-state index contributed by atoms with van der Waals surface area (Å²) in [6.45, 7) is 7.24. The van der Waals surface area contributed by atoms with Crippen molar-refractivity contribution >= 4 is 34.0 Å². The summed E-state index contributed by atoms with van der Waals surface area (Å²) < 4.78 is 0. The number of hydrogen-bond acceptors (Lipinski definition) is 6. The van der Waals surface area contributed by atoms with Crippen molar-refractivity contribution in [2.75, 3.05) is 36.4 Å². The molecule has 7 nitrogen and oxygen atoms in total. The zero-order valence-corrected chi connectivity index (χ0v) is 19.9. The fraction of sp³-hybridized carbons (Fsp3) is 0.583. The van der Waals surface area contributed by atoms with Gasteiger partial charge in [0.25, 0.3) is 0 Å². The van der Waals surface area contributed by atoms with Crippen molar-refractivity contribution in [2.45, 2.75) is 64.7 Å². The number of nitrogens with zero attached hydrogens (tertiary/aromatic N) is 4. The molecule has 2 amide bonds. The van der Waals surface area contributed by atoms with Gasteiger partial charge in [-0.25, -0.2) is 0 Å². The predicted octanol–water partition coefficient (Wildman–Crippen LogP) is 4.27. The van der Waals surface area contributed by atoms with Gasteiger partial charge in [-0.15, -0.1) is 10.2 Å². The fourth-order valence-electron chi connectivity index (χ4n) is 4.62. The Bertz CT molecular complexity index is 946. The average molecular weight is 456 g/mol. The van der Waals surface area contributed by atoms with Gasteiger partial charge in [0, 0.05) is 50.6 Å². The highest BCUT2D eigenvalue weighted by atomic mass is 32.1. The highest BCUT2D eigenvalue weighted by molar-refractivity contribution is 7.15. The molecule has 1 N–H and O–H groups in total. The van der Waals surface area contributed by atoms with Crippen molar-refractivity contribution in [3.05, 3.63) is 34.3 Å². The second-order valence-corrected chi connectivity index (χ2v) is 10.00. The molecule has 2 aliphatic rings. The van der Waals surface area contributed by atoms with Gasteiger partial charge < -0.3 is 15.1 Å². The van der Waals surface area contributed by atoms with Crippen molar-refractivity contribution in [3.63, 3.8) is 0 Å². The summed E-state index contributed by atoms with van der Waals surface area (Å²) in [5.41, 5.74) is 3.76. The molecule has 0 radical (unpaired) electrons. The van der Waals surface area contributed by atoms with E-state index >= 15 is 0 Å². The van der Waals surface area contributed by atoms with Gasteiger partial charge in [0.05, 0.1) is 0 Å². The lowest BCUT2D eigenvalue weighted by Gasteiger charge is -2.37. The highest BCUT2D eigenvalue weighted by Crippen LogP contribution is 2.35. The van der Waals surface area contributed by atoms with E-state index in [-0.39, 0.29) is 24.7 Å². The fourth-order valence-corrected chi connectivity index (χ4v) is 5.55. The number of carbonyl (C=O) groups excluding carboxylic acids is 2. The Labute approximate surface area is 194 Å². The van der Waals surface area contributed by atoms with Crippen molar-refractivity contribution in [2.24, 2.45) is 0 Å². The average Bonchev–Trinajstić information content (AvgIpc) is 3.28. The number of anilines is 2. The first-order valence-corrected chi connectivity index (χ1v) is 12.5. The molecule has 2 fully saturated rings. The number of rotatable bonds is 6. The van der Waals surface area contributed by atoms with Crippen molar-refractivity contribution in [1.82, 2.24) is 15.1 Å². The molecule has 172 valence electrons. The SMILES string of the molecule is Cc1ccc(C)c(N2CCN(C(=O)CCC(=O)Nc3nnc(C4CCCCC4)s3)CC2)c1. The summed E-state index contributed by atoms with van der Waals surface area (Å²) in [6, 6.07) is 6.49. The van der Waals surface area contributed by atoms with Crippen molar-refractivity contribution in [1.29, 1.82) is 0 Å². The molecule has 1 aliphatic heterocycles. The predicted molar refractivity (Wildman–Crippen MR) is 128 cm³/mol. The molecule has 0 spiro atoms. The Morgan fingerprint density at radius 2 is 1.78 bits per heavy atom. The summed E-state index contributed by atoms with van der Waals surface area (Å²) in [6.07, 6.45) is 6.51. The van der Waals surface area contributed by atoms with E-state index in [1.807, 2.05) is 4.90 Å². The minimum Gasteiger partial charge on any atom is -0.368 e. The van der Waals surface area contributed by atoms with E-state index in [0.717, 1.165) is 30.9 Å². The Hall–Kier alpha value is -2.48. The lowest BCUT2D eigenvalue weighted by Crippen LogP contribution is -2.49. The molecule has 4 rings (SSSR count). The van der Waals surface area contributed by atoms with Crippen molar-refractivity contribution < 1.29 is 9.59 Å². The van der Waals surface area contributed by atoms with E-state index in [0.29, 0.717) is 24.1 Å². The quantitative estimate of drug-likeness (QED) is 0.704. The summed E-state index contributed by atoms with van der Waals surface area (Å²) in [7, 11) is 0. The van der Waals surface area contributed by atoms with Gasteiger partial charge in [-0.2, -0.15) is 0 Å². The van der Waals surface area contributed by atoms with Crippen molar-refractivity contribution in [3.8, 4) is 0 Å². The van der Waals surface area contributed by atoms with Crippen LogP contribution >= 0.6 is 11.3 Å². The van der Waals surface area contributed by atoms with Crippen LogP contribution in [-0.4, -0.2) is 53.1 Å². The Balaban J connectivity index is 1.21. The van der Waals surface area contributed by atoms with Crippen LogP contribution < -0.4 is 10.2 Å². The summed E-state index contributed by atoms with van der Waals surface area (Å²) >= 11 is 1.48. The number of aromatic nitrogens is 2. The van der Waals surface area contributed by atoms with Crippen LogP contribution in [-0.2, 0) is 9.59 Å². The monoisotopic (exact) mass is 455 g/mol. The minimum atomic E-state index is -0.168. The summed E-state index contributed by atoms with van der Waals surface area (Å²) in [4.78, 5) is 29.2. The van der Waals surface area contributed by atoms with E-state index < -0.39 is 0 Å². The highest BCUT2D eigenvalue weighted by Gasteiger charge is 2.23. The van der Waals surface area contributed by atoms with Crippen LogP contribution in [0.25, 0.3) is 0 Å². The molecule has 0 atom stereocenters. The number of benzene rings is 1. The van der Waals surface area contributed by atoms with E-state index in [4.69, 9.17) is 0 Å². The van der Waals surface area contributed by atoms with Gasteiger partial charge in [-0.1, -0.05) is 42.7 Å². The van der Waals surface area contributed by atoms with Crippen LogP contribution in [0.2, 0.25) is 0 Å². The third kappa shape index (κ3) is 5.65. The molecular formula is C24H33N5O2S. The Kier molecular flexibility index (Phi) is 7.40. The first-order chi connectivity index (χ1) is 15.5. The Morgan fingerprint density at radius 3 is 2.53 bits per heavy atom. The van der Waals surface area contributed by atoms with Gasteiger partial charge in [0.2, 0.25) is 16.9 Å². The molecule has 32 heavy (non-hydrogen) atoms. The Morgan fingerprint density at radius 1 is 1.03 bits per heavy atom. The first-order valence-electron chi connectivity index (χ1n) is 11.7. The van der Waals surface area contributed by atoms with Crippen LogP contribution in [0, 0.1) is 13.8 Å². The van der Waals surface area contributed by atoms with Crippen LogP contribution in [0.1, 0.15) is 67.0 Å². The van der Waals surface area contributed by atoms with E-state index in [9.17, 15) is 9.59 Å². The lowest BCUT2D eigenvalue weighted by atomic mass is 9.90. The van der Waals surface area contributed by atoms with Crippen LogP contribution in [0.3, 0.4) is 0 Å². The maximum atomic E-state index is 12.6. The van der Waals surface area contributed by atoms with Gasteiger partial charge >= 0.3 is 0 Å². The largest absolute Gasteiger partial charge is 0.368 e. The number of nitrogens with one attached hydrogen (secondary N) is 1. The van der Waals surface area contributed by atoms with Gasteiger partial charge in [0.15, 0.2) is 0 Å². The molecule has 8 heteroatoms. The standard InChI is InChI=1S/C24H33N5O2S/c1-17-8-9-18(2)20(16-17)28-12-14-29(15-13-28)22(31)11-10-21(30)25-24-27-26-23(32-24)19-6-4-3-5-7-19/h8-9,16,19H,3-7,10-15H2,1-2H3,(H,25,27,30). The van der Waals surface area contributed by atoms with E-state index in [1.165, 1.54) is 47.4 Å². The molecule has 1 aromatic heterocycles. The molecule has 1 saturated heterocycles. The summed E-state index contributed by atoms with van der Waals surface area (Å²) in [5.74, 6) is 0.357. The summed E-state index contributed by atoms with van der Waals surface area (Å²) in [5, 5.41) is 12.8. The van der Waals surface area contributed by atoms with E-state index in [1.54, 1.807) is 0 Å². The normalized spacial score (nSPS) is 17.4.